The summed E-state index contributed by atoms with van der Waals surface area (Å²) in [6.45, 7) is 4.11. The van der Waals surface area contributed by atoms with Crippen molar-refractivity contribution in [3.05, 3.63) is 64.5 Å². The minimum Gasteiger partial charge on any atom is -0.419 e. The quantitative estimate of drug-likeness (QED) is 0.552. The van der Waals surface area contributed by atoms with Crippen molar-refractivity contribution >= 4 is 27.7 Å². The first kappa shape index (κ1) is 15.3. The lowest BCUT2D eigenvalue weighted by Gasteiger charge is -2.08. The molecule has 1 unspecified atom stereocenters. The normalized spacial score (nSPS) is 12.3. The number of halogens is 1. The Bertz CT molecular complexity index is 788. The van der Waals surface area contributed by atoms with Gasteiger partial charge in [-0.05, 0) is 54.0 Å². The molecule has 0 N–H and O–H groups in total. The molecule has 22 heavy (non-hydrogen) atoms. The van der Waals surface area contributed by atoms with Gasteiger partial charge in [-0.3, -0.25) is 0 Å². The Balaban J connectivity index is 1.80. The van der Waals surface area contributed by atoms with E-state index in [-0.39, 0.29) is 5.25 Å². The number of hydrogen-bond donors (Lipinski definition) is 0. The van der Waals surface area contributed by atoms with Gasteiger partial charge in [-0.2, -0.15) is 0 Å². The summed E-state index contributed by atoms with van der Waals surface area (Å²) in [5.74, 6) is 1.20. The lowest BCUT2D eigenvalue weighted by atomic mass is 10.1. The van der Waals surface area contributed by atoms with Crippen molar-refractivity contribution < 1.29 is 4.42 Å². The monoisotopic (exact) mass is 374 g/mol. The highest BCUT2D eigenvalue weighted by atomic mass is 79.9. The maximum Gasteiger partial charge on any atom is 0.247 e. The molecule has 3 nitrogen and oxygen atoms in total. The van der Waals surface area contributed by atoms with Crippen LogP contribution in [0.2, 0.25) is 0 Å². The van der Waals surface area contributed by atoms with Crippen molar-refractivity contribution in [3.8, 4) is 11.5 Å². The minimum atomic E-state index is 0.0877. The zero-order valence-electron chi connectivity index (χ0n) is 12.3. The van der Waals surface area contributed by atoms with E-state index in [0.29, 0.717) is 11.8 Å². The van der Waals surface area contributed by atoms with Crippen LogP contribution in [0.5, 0.6) is 0 Å². The molecule has 3 rings (SSSR count). The standard InChI is InChI=1S/C17H15BrN2OS/c1-11-6-5-7-13(10-11)17-20-19-16(21-17)12(2)22-15-9-4-3-8-14(15)18/h3-10,12H,1-2H3. The van der Waals surface area contributed by atoms with Crippen molar-refractivity contribution in [1.29, 1.82) is 0 Å². The van der Waals surface area contributed by atoms with Crippen LogP contribution < -0.4 is 0 Å². The molecule has 3 aromatic rings. The molecule has 0 aliphatic rings. The Hall–Kier alpha value is -1.59. The fourth-order valence-electron chi connectivity index (χ4n) is 2.07. The van der Waals surface area contributed by atoms with Crippen LogP contribution in [0.3, 0.4) is 0 Å². The molecule has 0 saturated heterocycles. The second-order valence-electron chi connectivity index (χ2n) is 5.01. The van der Waals surface area contributed by atoms with Crippen molar-refractivity contribution in [3.63, 3.8) is 0 Å². The fourth-order valence-corrected chi connectivity index (χ4v) is 3.55. The maximum atomic E-state index is 5.84. The smallest absolute Gasteiger partial charge is 0.247 e. The van der Waals surface area contributed by atoms with E-state index in [0.717, 1.165) is 14.9 Å². The molecule has 0 spiro atoms. The predicted octanol–water partition coefficient (Wildman–Crippen LogP) is 5.66. The number of hydrogen-bond acceptors (Lipinski definition) is 4. The van der Waals surface area contributed by atoms with E-state index in [1.807, 2.05) is 49.4 Å². The molecule has 1 aromatic heterocycles. The second kappa shape index (κ2) is 6.67. The minimum absolute atomic E-state index is 0.0877. The van der Waals surface area contributed by atoms with E-state index in [1.165, 1.54) is 5.56 Å². The first-order valence-corrected chi connectivity index (χ1v) is 8.62. The Kier molecular flexibility index (Phi) is 4.64. The summed E-state index contributed by atoms with van der Waals surface area (Å²) in [4.78, 5) is 1.16. The third-order valence-corrected chi connectivity index (χ3v) is 5.31. The molecule has 112 valence electrons. The van der Waals surface area contributed by atoms with Crippen LogP contribution in [0.25, 0.3) is 11.5 Å². The van der Waals surface area contributed by atoms with Crippen LogP contribution in [-0.4, -0.2) is 10.2 Å². The van der Waals surface area contributed by atoms with E-state index in [2.05, 4.69) is 39.1 Å². The maximum absolute atomic E-state index is 5.84. The predicted molar refractivity (Wildman–Crippen MR) is 92.9 cm³/mol. The van der Waals surface area contributed by atoms with Crippen LogP contribution >= 0.6 is 27.7 Å². The van der Waals surface area contributed by atoms with Crippen LogP contribution in [0.4, 0.5) is 0 Å². The summed E-state index contributed by atoms with van der Waals surface area (Å²) in [6.07, 6.45) is 0. The van der Waals surface area contributed by atoms with Gasteiger partial charge < -0.3 is 4.42 Å². The van der Waals surface area contributed by atoms with Gasteiger partial charge in [-0.1, -0.05) is 29.8 Å². The Morgan fingerprint density at radius 2 is 1.91 bits per heavy atom. The summed E-state index contributed by atoms with van der Waals surface area (Å²) in [5, 5.41) is 8.45. The average Bonchev–Trinajstić information content (AvgIpc) is 2.99. The Morgan fingerprint density at radius 3 is 2.68 bits per heavy atom. The molecular formula is C17H15BrN2OS. The van der Waals surface area contributed by atoms with Gasteiger partial charge in [0.25, 0.3) is 0 Å². The molecule has 0 saturated carbocycles. The van der Waals surface area contributed by atoms with Crippen molar-refractivity contribution in [2.75, 3.05) is 0 Å². The van der Waals surface area contributed by atoms with E-state index >= 15 is 0 Å². The summed E-state index contributed by atoms with van der Waals surface area (Å²) in [5.41, 5.74) is 2.13. The van der Waals surface area contributed by atoms with E-state index in [1.54, 1.807) is 11.8 Å². The second-order valence-corrected chi connectivity index (χ2v) is 7.24. The molecule has 1 heterocycles. The average molecular weight is 375 g/mol. The number of nitrogens with zero attached hydrogens (tertiary/aromatic N) is 2. The van der Waals surface area contributed by atoms with Gasteiger partial charge in [-0.15, -0.1) is 22.0 Å². The van der Waals surface area contributed by atoms with Gasteiger partial charge in [0.05, 0.1) is 5.25 Å². The first-order chi connectivity index (χ1) is 10.6. The molecule has 1 atom stereocenters. The molecule has 0 radical (unpaired) electrons. The highest BCUT2D eigenvalue weighted by molar-refractivity contribution is 9.10. The van der Waals surface area contributed by atoms with Gasteiger partial charge in [0.1, 0.15) is 0 Å². The highest BCUT2D eigenvalue weighted by Crippen LogP contribution is 2.38. The summed E-state index contributed by atoms with van der Waals surface area (Å²) < 4.78 is 6.91. The molecule has 5 heteroatoms. The fraction of sp³-hybridized carbons (Fsp3) is 0.176. The number of benzene rings is 2. The van der Waals surface area contributed by atoms with E-state index in [4.69, 9.17) is 4.42 Å². The summed E-state index contributed by atoms with van der Waals surface area (Å²) in [6, 6.07) is 16.2. The van der Waals surface area contributed by atoms with Gasteiger partial charge in [0.15, 0.2) is 0 Å². The third-order valence-electron chi connectivity index (χ3n) is 3.19. The number of aromatic nitrogens is 2. The van der Waals surface area contributed by atoms with Crippen molar-refractivity contribution in [1.82, 2.24) is 10.2 Å². The van der Waals surface area contributed by atoms with Gasteiger partial charge in [0, 0.05) is 14.9 Å². The summed E-state index contributed by atoms with van der Waals surface area (Å²) in [7, 11) is 0. The van der Waals surface area contributed by atoms with Crippen LogP contribution in [0.15, 0.2) is 62.3 Å². The van der Waals surface area contributed by atoms with Gasteiger partial charge in [0.2, 0.25) is 11.8 Å². The Labute approximate surface area is 142 Å². The van der Waals surface area contributed by atoms with Gasteiger partial charge in [-0.25, -0.2) is 0 Å². The SMILES string of the molecule is Cc1cccc(-c2nnc(C(C)Sc3ccccc3Br)o2)c1. The zero-order valence-corrected chi connectivity index (χ0v) is 14.7. The molecule has 0 fully saturated rings. The number of thioether (sulfide) groups is 1. The lowest BCUT2D eigenvalue weighted by molar-refractivity contribution is 0.509. The van der Waals surface area contributed by atoms with Crippen molar-refractivity contribution in [2.45, 2.75) is 24.0 Å². The van der Waals surface area contributed by atoms with Crippen LogP contribution in [0, 0.1) is 6.92 Å². The molecule has 2 aromatic carbocycles. The van der Waals surface area contributed by atoms with E-state index in [9.17, 15) is 0 Å². The van der Waals surface area contributed by atoms with E-state index < -0.39 is 0 Å². The topological polar surface area (TPSA) is 38.9 Å². The number of aryl methyl sites for hydroxylation is 1. The summed E-state index contributed by atoms with van der Waals surface area (Å²) >= 11 is 5.25. The van der Waals surface area contributed by atoms with Gasteiger partial charge >= 0.3 is 0 Å². The lowest BCUT2D eigenvalue weighted by Crippen LogP contribution is -1.89. The molecular weight excluding hydrogens is 360 g/mol. The number of rotatable bonds is 4. The van der Waals surface area contributed by atoms with Crippen molar-refractivity contribution in [2.24, 2.45) is 0 Å². The first-order valence-electron chi connectivity index (χ1n) is 6.95. The Morgan fingerprint density at radius 1 is 1.09 bits per heavy atom. The highest BCUT2D eigenvalue weighted by Gasteiger charge is 2.17. The largest absolute Gasteiger partial charge is 0.419 e. The zero-order chi connectivity index (χ0) is 15.5. The molecule has 0 bridgehead atoms. The molecule has 0 aliphatic heterocycles. The molecule has 0 aliphatic carbocycles. The van der Waals surface area contributed by atoms with Crippen LogP contribution in [0.1, 0.15) is 23.6 Å². The molecule has 0 amide bonds. The third kappa shape index (κ3) is 3.42. The van der Waals surface area contributed by atoms with Crippen LogP contribution in [-0.2, 0) is 0 Å².